The lowest BCUT2D eigenvalue weighted by molar-refractivity contribution is -0.131. The van der Waals surface area contributed by atoms with Crippen LogP contribution in [0.3, 0.4) is 0 Å². The minimum Gasteiger partial charge on any atom is -0.378 e. The van der Waals surface area contributed by atoms with Gasteiger partial charge in [0.2, 0.25) is 0 Å². The first kappa shape index (κ1) is 24.3. The lowest BCUT2D eigenvalue weighted by atomic mass is 9.91. The highest BCUT2D eigenvalue weighted by Gasteiger charge is 2.50. The van der Waals surface area contributed by atoms with E-state index in [1.165, 1.54) is 6.07 Å². The topological polar surface area (TPSA) is 79.0 Å². The molecular weight excluding hydrogens is 481 g/mol. The van der Waals surface area contributed by atoms with Crippen molar-refractivity contribution in [3.63, 3.8) is 0 Å². The van der Waals surface area contributed by atoms with Crippen molar-refractivity contribution in [2.45, 2.75) is 38.3 Å². The Bertz CT molecular complexity index is 1470. The third-order valence-electron chi connectivity index (χ3n) is 7.34. The van der Waals surface area contributed by atoms with Crippen molar-refractivity contribution in [3.05, 3.63) is 83.7 Å². The summed E-state index contributed by atoms with van der Waals surface area (Å²) in [6.07, 6.45) is 2.32. The fourth-order valence-electron chi connectivity index (χ4n) is 5.34. The predicted molar refractivity (Wildman–Crippen MR) is 145 cm³/mol. The highest BCUT2D eigenvalue weighted by atomic mass is 19.1. The van der Waals surface area contributed by atoms with E-state index in [4.69, 9.17) is 9.73 Å². The second-order valence-electron chi connectivity index (χ2n) is 9.88. The van der Waals surface area contributed by atoms with Crippen LogP contribution >= 0.6 is 0 Å². The van der Waals surface area contributed by atoms with E-state index in [1.54, 1.807) is 12.1 Å². The number of hydrogen-bond acceptors (Lipinski definition) is 6. The van der Waals surface area contributed by atoms with Gasteiger partial charge in [0.25, 0.3) is 5.91 Å². The van der Waals surface area contributed by atoms with Crippen molar-refractivity contribution in [3.8, 4) is 22.3 Å². The van der Waals surface area contributed by atoms with Crippen LogP contribution in [0.2, 0.25) is 0 Å². The molecule has 6 rings (SSSR count). The second kappa shape index (κ2) is 10.0. The molecule has 1 spiro atoms. The van der Waals surface area contributed by atoms with E-state index < -0.39 is 5.54 Å². The lowest BCUT2D eigenvalue weighted by Crippen LogP contribution is -2.42. The Hall–Kier alpha value is -4.04. The average molecular weight is 510 g/mol. The van der Waals surface area contributed by atoms with E-state index in [9.17, 15) is 9.18 Å². The normalized spacial score (nSPS) is 20.5. The maximum atomic E-state index is 14.6. The van der Waals surface area contributed by atoms with Crippen molar-refractivity contribution in [2.75, 3.05) is 19.8 Å². The van der Waals surface area contributed by atoms with Gasteiger partial charge in [0.1, 0.15) is 18.2 Å². The third kappa shape index (κ3) is 4.35. The fourth-order valence-corrected chi connectivity index (χ4v) is 5.34. The van der Waals surface area contributed by atoms with Gasteiger partial charge in [-0.3, -0.25) is 14.7 Å². The molecule has 1 saturated heterocycles. The zero-order valence-electron chi connectivity index (χ0n) is 21.2. The third-order valence-corrected chi connectivity index (χ3v) is 7.34. The Morgan fingerprint density at radius 1 is 1.00 bits per heavy atom. The molecule has 3 aliphatic rings. The van der Waals surface area contributed by atoms with Crippen molar-refractivity contribution in [1.82, 2.24) is 4.90 Å². The lowest BCUT2D eigenvalue weighted by Gasteiger charge is -2.22. The van der Waals surface area contributed by atoms with Gasteiger partial charge in [-0.15, -0.1) is 5.10 Å². The SMILES string of the molecule is CCCC1=NC2(CCOC2)C(=O)N1Cc1ccc(-c2cc(-c3ccccc3F)ccc2C2=NN=NC2)cc1. The number of hydrogen-bond donors (Lipinski definition) is 0. The molecule has 3 heterocycles. The maximum absolute atomic E-state index is 14.6. The molecule has 1 fully saturated rings. The number of amidine groups is 1. The Kier molecular flexibility index (Phi) is 6.41. The summed E-state index contributed by atoms with van der Waals surface area (Å²) in [4.78, 5) is 20.0. The highest BCUT2D eigenvalue weighted by Crippen LogP contribution is 2.35. The monoisotopic (exact) mass is 509 g/mol. The molecule has 0 aliphatic carbocycles. The van der Waals surface area contributed by atoms with Gasteiger partial charge in [0.15, 0.2) is 5.54 Å². The van der Waals surface area contributed by atoms with E-state index in [-0.39, 0.29) is 11.7 Å². The molecule has 1 unspecified atom stereocenters. The van der Waals surface area contributed by atoms with Gasteiger partial charge in [-0.2, -0.15) is 5.11 Å². The Morgan fingerprint density at radius 2 is 1.82 bits per heavy atom. The molecule has 1 amide bonds. The van der Waals surface area contributed by atoms with Crippen LogP contribution in [0.15, 0.2) is 87.2 Å². The van der Waals surface area contributed by atoms with Gasteiger partial charge in [0.05, 0.1) is 18.9 Å². The van der Waals surface area contributed by atoms with E-state index in [1.807, 2.05) is 53.4 Å². The number of carbonyl (C=O) groups is 1. The highest BCUT2D eigenvalue weighted by molar-refractivity contribution is 6.09. The fraction of sp³-hybridized carbons (Fsp3) is 0.300. The minimum absolute atomic E-state index is 0.0362. The van der Waals surface area contributed by atoms with E-state index in [2.05, 4.69) is 22.4 Å². The Labute approximate surface area is 220 Å². The summed E-state index contributed by atoms with van der Waals surface area (Å²) in [5, 5.41) is 12.0. The standard InChI is InChI=1S/C30H28FN5O2/c1-2-5-28-33-30(14-15-38-19-30)29(37)36(28)18-20-8-10-21(11-9-20)25-16-22(23-6-3-4-7-26(23)31)12-13-24(25)27-17-32-35-34-27/h3-4,6-13,16H,2,5,14-15,17-19H2,1H3. The van der Waals surface area contributed by atoms with E-state index in [0.717, 1.165) is 52.2 Å². The number of ether oxygens (including phenoxy) is 1. The zero-order chi connectivity index (χ0) is 26.1. The second-order valence-corrected chi connectivity index (χ2v) is 9.88. The van der Waals surface area contributed by atoms with Crippen LogP contribution < -0.4 is 0 Å². The molecule has 0 bridgehead atoms. The maximum Gasteiger partial charge on any atom is 0.258 e. The first-order valence-electron chi connectivity index (χ1n) is 13.0. The summed E-state index contributed by atoms with van der Waals surface area (Å²) in [5.41, 5.74) is 5.17. The van der Waals surface area contributed by atoms with Crippen molar-refractivity contribution >= 4 is 17.5 Å². The van der Waals surface area contributed by atoms with Crippen LogP contribution in [0, 0.1) is 5.82 Å². The largest absolute Gasteiger partial charge is 0.378 e. The molecule has 192 valence electrons. The van der Waals surface area contributed by atoms with Crippen LogP contribution in [0.1, 0.15) is 37.3 Å². The summed E-state index contributed by atoms with van der Waals surface area (Å²) in [5.74, 6) is 0.614. The van der Waals surface area contributed by atoms with Crippen molar-refractivity contribution in [1.29, 1.82) is 0 Å². The molecule has 3 aromatic rings. The van der Waals surface area contributed by atoms with E-state index >= 15 is 0 Å². The number of amides is 1. The summed E-state index contributed by atoms with van der Waals surface area (Å²) in [6.45, 7) is 3.90. The molecule has 3 aromatic carbocycles. The first-order valence-corrected chi connectivity index (χ1v) is 13.0. The van der Waals surface area contributed by atoms with Gasteiger partial charge in [-0.05, 0) is 46.0 Å². The molecule has 3 aliphatic heterocycles. The van der Waals surface area contributed by atoms with Crippen LogP contribution in [-0.4, -0.2) is 47.7 Å². The number of nitrogens with zero attached hydrogens (tertiary/aromatic N) is 5. The summed E-state index contributed by atoms with van der Waals surface area (Å²) in [7, 11) is 0. The van der Waals surface area contributed by atoms with Crippen LogP contribution in [-0.2, 0) is 16.1 Å². The molecule has 0 saturated carbocycles. The Morgan fingerprint density at radius 3 is 2.53 bits per heavy atom. The van der Waals surface area contributed by atoms with Crippen LogP contribution in [0.25, 0.3) is 22.3 Å². The van der Waals surface area contributed by atoms with Gasteiger partial charge < -0.3 is 4.74 Å². The average Bonchev–Trinajstić information content (AvgIpc) is 3.69. The first-order chi connectivity index (χ1) is 18.6. The minimum atomic E-state index is -0.745. The molecule has 7 nitrogen and oxygen atoms in total. The summed E-state index contributed by atoms with van der Waals surface area (Å²) in [6, 6.07) is 20.8. The Balaban J connectivity index is 1.31. The number of aliphatic imine (C=N–C) groups is 1. The van der Waals surface area contributed by atoms with Gasteiger partial charge in [-0.1, -0.05) is 61.5 Å². The predicted octanol–water partition coefficient (Wildman–Crippen LogP) is 6.03. The molecule has 0 aromatic heterocycles. The number of rotatable bonds is 7. The van der Waals surface area contributed by atoms with E-state index in [0.29, 0.717) is 38.3 Å². The van der Waals surface area contributed by atoms with Crippen LogP contribution in [0.5, 0.6) is 0 Å². The number of benzene rings is 3. The van der Waals surface area contributed by atoms with Gasteiger partial charge in [-0.25, -0.2) is 4.39 Å². The molecular formula is C30H28FN5O2. The quantitative estimate of drug-likeness (QED) is 0.390. The molecule has 1 atom stereocenters. The molecule has 0 radical (unpaired) electrons. The molecule has 38 heavy (non-hydrogen) atoms. The molecule has 0 N–H and O–H groups in total. The molecule has 8 heteroatoms. The van der Waals surface area contributed by atoms with Crippen LogP contribution in [0.4, 0.5) is 4.39 Å². The summed E-state index contributed by atoms with van der Waals surface area (Å²) < 4.78 is 20.1. The van der Waals surface area contributed by atoms with Crippen molar-refractivity contribution in [2.24, 2.45) is 20.4 Å². The summed E-state index contributed by atoms with van der Waals surface area (Å²) >= 11 is 0. The van der Waals surface area contributed by atoms with Gasteiger partial charge in [0, 0.05) is 30.6 Å². The number of halogens is 1. The number of carbonyl (C=O) groups excluding carboxylic acids is 1. The smallest absolute Gasteiger partial charge is 0.258 e. The van der Waals surface area contributed by atoms with Gasteiger partial charge >= 0.3 is 0 Å². The zero-order valence-corrected chi connectivity index (χ0v) is 21.2. The van der Waals surface area contributed by atoms with Crippen molar-refractivity contribution < 1.29 is 13.9 Å².